The molecule has 25 heavy (non-hydrogen) atoms. The molecule has 2 aromatic rings. The SMILES string of the molecule is CCNC(=NCc1ccc(F)c(CO)c1)N(C)Cc1cc(Br)cn1C. The molecule has 0 saturated heterocycles. The van der Waals surface area contributed by atoms with E-state index in [0.717, 1.165) is 28.2 Å². The van der Waals surface area contributed by atoms with Gasteiger partial charge < -0.3 is 19.9 Å². The highest BCUT2D eigenvalue weighted by atomic mass is 79.9. The molecule has 5 nitrogen and oxygen atoms in total. The third-order valence-corrected chi connectivity index (χ3v) is 4.30. The summed E-state index contributed by atoms with van der Waals surface area (Å²) in [6.07, 6.45) is 2.02. The predicted octanol–water partition coefficient (Wildman–Crippen LogP) is 3.02. The number of rotatable bonds is 6. The van der Waals surface area contributed by atoms with Gasteiger partial charge in [-0.15, -0.1) is 0 Å². The number of nitrogens with one attached hydrogen (secondary N) is 1. The van der Waals surface area contributed by atoms with Crippen LogP contribution in [0.15, 0.2) is 39.9 Å². The molecule has 0 aliphatic heterocycles. The number of halogens is 2. The largest absolute Gasteiger partial charge is 0.392 e. The van der Waals surface area contributed by atoms with E-state index in [-0.39, 0.29) is 6.61 Å². The number of hydrogen-bond acceptors (Lipinski definition) is 2. The summed E-state index contributed by atoms with van der Waals surface area (Å²) in [5, 5.41) is 12.5. The third-order valence-electron chi connectivity index (χ3n) is 3.86. The van der Waals surface area contributed by atoms with Crippen molar-refractivity contribution in [3.05, 3.63) is 57.6 Å². The van der Waals surface area contributed by atoms with Crippen molar-refractivity contribution >= 4 is 21.9 Å². The topological polar surface area (TPSA) is 52.8 Å². The number of aryl methyl sites for hydroxylation is 1. The van der Waals surface area contributed by atoms with Crippen LogP contribution in [-0.4, -0.2) is 34.1 Å². The smallest absolute Gasteiger partial charge is 0.194 e. The van der Waals surface area contributed by atoms with Gasteiger partial charge in [0, 0.05) is 42.6 Å². The fourth-order valence-electron chi connectivity index (χ4n) is 2.52. The van der Waals surface area contributed by atoms with Crippen LogP contribution in [0.5, 0.6) is 0 Å². The lowest BCUT2D eigenvalue weighted by Gasteiger charge is -2.22. The van der Waals surface area contributed by atoms with Gasteiger partial charge in [0.15, 0.2) is 5.96 Å². The number of guanidine groups is 1. The fraction of sp³-hybridized carbons (Fsp3) is 0.389. The van der Waals surface area contributed by atoms with Gasteiger partial charge in [-0.25, -0.2) is 9.38 Å². The predicted molar refractivity (Wildman–Crippen MR) is 102 cm³/mol. The van der Waals surface area contributed by atoms with Crippen molar-refractivity contribution in [1.29, 1.82) is 0 Å². The Kier molecular flexibility index (Phi) is 7.01. The maximum absolute atomic E-state index is 13.5. The van der Waals surface area contributed by atoms with Crippen LogP contribution in [0, 0.1) is 5.82 Å². The standard InChI is InChI=1S/C18H24BrFN4O/c1-4-21-18(24(3)11-16-8-15(19)10-23(16)2)22-9-13-5-6-17(20)14(7-13)12-25/h5-8,10,25H,4,9,11-12H2,1-3H3,(H,21,22). The number of hydrogen-bond donors (Lipinski definition) is 2. The highest BCUT2D eigenvalue weighted by Gasteiger charge is 2.10. The zero-order chi connectivity index (χ0) is 18.4. The molecule has 0 amide bonds. The van der Waals surface area contributed by atoms with E-state index in [1.807, 2.05) is 32.1 Å². The third kappa shape index (κ3) is 5.31. The summed E-state index contributed by atoms with van der Waals surface area (Å²) >= 11 is 3.49. The molecule has 0 aliphatic rings. The van der Waals surface area contributed by atoms with Crippen molar-refractivity contribution in [3.8, 4) is 0 Å². The van der Waals surface area contributed by atoms with E-state index in [2.05, 4.69) is 36.9 Å². The molecule has 0 unspecified atom stereocenters. The maximum Gasteiger partial charge on any atom is 0.194 e. The number of nitrogens with zero attached hydrogens (tertiary/aromatic N) is 3. The second-order valence-electron chi connectivity index (χ2n) is 5.87. The Morgan fingerprint density at radius 3 is 2.76 bits per heavy atom. The number of aliphatic imine (C=N–C) groups is 1. The fourth-order valence-corrected chi connectivity index (χ4v) is 3.10. The van der Waals surface area contributed by atoms with E-state index in [4.69, 9.17) is 0 Å². The minimum Gasteiger partial charge on any atom is -0.392 e. The molecular formula is C18H24BrFN4O. The van der Waals surface area contributed by atoms with E-state index in [0.29, 0.717) is 18.7 Å². The Balaban J connectivity index is 2.13. The van der Waals surface area contributed by atoms with Crippen LogP contribution in [0.25, 0.3) is 0 Å². The van der Waals surface area contributed by atoms with Crippen LogP contribution >= 0.6 is 15.9 Å². The zero-order valence-electron chi connectivity index (χ0n) is 14.8. The average molecular weight is 411 g/mol. The molecule has 0 spiro atoms. The summed E-state index contributed by atoms with van der Waals surface area (Å²) in [5.74, 6) is 0.378. The maximum atomic E-state index is 13.5. The van der Waals surface area contributed by atoms with E-state index in [1.54, 1.807) is 12.1 Å². The Morgan fingerprint density at radius 1 is 1.40 bits per heavy atom. The summed E-state index contributed by atoms with van der Waals surface area (Å²) in [4.78, 5) is 6.67. The van der Waals surface area contributed by atoms with Crippen LogP contribution < -0.4 is 5.32 Å². The molecule has 0 saturated carbocycles. The Morgan fingerprint density at radius 2 is 2.16 bits per heavy atom. The van der Waals surface area contributed by atoms with Gasteiger partial charge in [-0.2, -0.15) is 0 Å². The van der Waals surface area contributed by atoms with Gasteiger partial charge in [0.1, 0.15) is 5.82 Å². The first-order valence-corrected chi connectivity index (χ1v) is 8.92. The molecule has 1 aromatic carbocycles. The van der Waals surface area contributed by atoms with Gasteiger partial charge >= 0.3 is 0 Å². The molecule has 1 heterocycles. The van der Waals surface area contributed by atoms with Gasteiger partial charge in [-0.1, -0.05) is 6.07 Å². The first kappa shape index (κ1) is 19.5. The first-order chi connectivity index (χ1) is 11.9. The first-order valence-electron chi connectivity index (χ1n) is 8.13. The van der Waals surface area contributed by atoms with Crippen LogP contribution in [-0.2, 0) is 26.7 Å². The van der Waals surface area contributed by atoms with Crippen molar-refractivity contribution < 1.29 is 9.50 Å². The zero-order valence-corrected chi connectivity index (χ0v) is 16.3. The number of aromatic nitrogens is 1. The Bertz CT molecular complexity index is 745. The van der Waals surface area contributed by atoms with Crippen molar-refractivity contribution in [2.24, 2.45) is 12.0 Å². The molecule has 0 radical (unpaired) electrons. The normalized spacial score (nSPS) is 11.7. The molecule has 0 atom stereocenters. The van der Waals surface area contributed by atoms with Crippen LogP contribution in [0.2, 0.25) is 0 Å². The van der Waals surface area contributed by atoms with E-state index in [1.165, 1.54) is 6.07 Å². The molecule has 0 fully saturated rings. The number of aliphatic hydroxyl groups excluding tert-OH is 1. The van der Waals surface area contributed by atoms with E-state index >= 15 is 0 Å². The average Bonchev–Trinajstić information content (AvgIpc) is 2.89. The lowest BCUT2D eigenvalue weighted by Crippen LogP contribution is -2.38. The monoisotopic (exact) mass is 410 g/mol. The Labute approximate surface area is 156 Å². The van der Waals surface area contributed by atoms with E-state index in [9.17, 15) is 9.50 Å². The van der Waals surface area contributed by atoms with Crippen LogP contribution in [0.3, 0.4) is 0 Å². The second-order valence-corrected chi connectivity index (χ2v) is 6.79. The summed E-state index contributed by atoms with van der Waals surface area (Å²) < 4.78 is 16.6. The molecule has 7 heteroatoms. The summed E-state index contributed by atoms with van der Waals surface area (Å²) in [5.41, 5.74) is 2.31. The highest BCUT2D eigenvalue weighted by Crippen LogP contribution is 2.15. The molecular weight excluding hydrogens is 387 g/mol. The van der Waals surface area contributed by atoms with Gasteiger partial charge in [0.05, 0.1) is 19.7 Å². The summed E-state index contributed by atoms with van der Waals surface area (Å²) in [6.45, 7) is 3.58. The minimum absolute atomic E-state index is 0.291. The number of aliphatic hydroxyl groups is 1. The van der Waals surface area contributed by atoms with Crippen molar-refractivity contribution in [1.82, 2.24) is 14.8 Å². The minimum atomic E-state index is -0.395. The van der Waals surface area contributed by atoms with Crippen LogP contribution in [0.4, 0.5) is 4.39 Å². The quantitative estimate of drug-likeness (QED) is 0.568. The van der Waals surface area contributed by atoms with Crippen molar-refractivity contribution in [2.45, 2.75) is 26.6 Å². The molecule has 136 valence electrons. The lowest BCUT2D eigenvalue weighted by molar-refractivity contribution is 0.275. The number of benzene rings is 1. The highest BCUT2D eigenvalue weighted by molar-refractivity contribution is 9.10. The lowest BCUT2D eigenvalue weighted by atomic mass is 10.1. The van der Waals surface area contributed by atoms with Gasteiger partial charge in [0.25, 0.3) is 0 Å². The summed E-state index contributed by atoms with van der Waals surface area (Å²) in [7, 11) is 3.99. The molecule has 1 aromatic heterocycles. The molecule has 0 aliphatic carbocycles. The van der Waals surface area contributed by atoms with Crippen LogP contribution in [0.1, 0.15) is 23.7 Å². The van der Waals surface area contributed by atoms with Gasteiger partial charge in [0.2, 0.25) is 0 Å². The van der Waals surface area contributed by atoms with Gasteiger partial charge in [-0.3, -0.25) is 0 Å². The molecule has 0 bridgehead atoms. The van der Waals surface area contributed by atoms with Crippen molar-refractivity contribution in [2.75, 3.05) is 13.6 Å². The summed E-state index contributed by atoms with van der Waals surface area (Å²) in [6, 6.07) is 6.79. The van der Waals surface area contributed by atoms with Gasteiger partial charge in [-0.05, 0) is 46.6 Å². The molecule has 2 N–H and O–H groups in total. The second kappa shape index (κ2) is 9.01. The van der Waals surface area contributed by atoms with E-state index < -0.39 is 5.82 Å². The Hall–Kier alpha value is -1.86. The van der Waals surface area contributed by atoms with Crippen molar-refractivity contribution in [3.63, 3.8) is 0 Å². The molecule has 2 rings (SSSR count).